The van der Waals surface area contributed by atoms with Crippen LogP contribution in [0.4, 0.5) is 0 Å². The molecular weight excluding hydrogens is 192 g/mol. The van der Waals surface area contributed by atoms with Crippen molar-refractivity contribution in [2.75, 3.05) is 13.2 Å². The van der Waals surface area contributed by atoms with Crippen LogP contribution in [0.3, 0.4) is 0 Å². The fourth-order valence-electron chi connectivity index (χ4n) is 1.37. The molecule has 0 spiro atoms. The average molecular weight is 210 g/mol. The van der Waals surface area contributed by atoms with E-state index in [-0.39, 0.29) is 19.3 Å². The van der Waals surface area contributed by atoms with Crippen molar-refractivity contribution >= 4 is 0 Å². The monoisotopic (exact) mass is 210 g/mol. The Morgan fingerprint density at radius 1 is 1.20 bits per heavy atom. The summed E-state index contributed by atoms with van der Waals surface area (Å²) < 4.78 is 5.05. The quantitative estimate of drug-likeness (QED) is 0.774. The molecule has 0 amide bonds. The van der Waals surface area contributed by atoms with Gasteiger partial charge in [-0.3, -0.25) is 0 Å². The van der Waals surface area contributed by atoms with Gasteiger partial charge >= 0.3 is 0 Å². The summed E-state index contributed by atoms with van der Waals surface area (Å²) in [6, 6.07) is 9.52. The molecule has 1 fully saturated rings. The first kappa shape index (κ1) is 12.2. The van der Waals surface area contributed by atoms with E-state index in [4.69, 9.17) is 14.9 Å². The van der Waals surface area contributed by atoms with Crippen LogP contribution >= 0.6 is 0 Å². The fourth-order valence-corrected chi connectivity index (χ4v) is 1.37. The van der Waals surface area contributed by atoms with Gasteiger partial charge in [0.15, 0.2) is 0 Å². The Labute approximate surface area is 90.3 Å². The molecule has 84 valence electrons. The average Bonchev–Trinajstić information content (AvgIpc) is 2.84. The smallest absolute Gasteiger partial charge is 0.0806 e. The lowest BCUT2D eigenvalue weighted by molar-refractivity contribution is 0.0591. The molecule has 0 saturated carbocycles. The highest BCUT2D eigenvalue weighted by molar-refractivity contribution is 5.12. The van der Waals surface area contributed by atoms with E-state index >= 15 is 0 Å². The molecule has 0 aromatic heterocycles. The molecule has 1 aromatic rings. The molecule has 1 saturated heterocycles. The second-order valence-corrected chi connectivity index (χ2v) is 3.46. The topological polar surface area (TPSA) is 49.7 Å². The van der Waals surface area contributed by atoms with E-state index in [1.807, 2.05) is 30.3 Å². The van der Waals surface area contributed by atoms with Crippen LogP contribution in [-0.2, 0) is 11.3 Å². The van der Waals surface area contributed by atoms with Gasteiger partial charge in [0.25, 0.3) is 0 Å². The van der Waals surface area contributed by atoms with Crippen LogP contribution in [0.25, 0.3) is 0 Å². The lowest BCUT2D eigenvalue weighted by Crippen LogP contribution is -2.09. The molecule has 15 heavy (non-hydrogen) atoms. The van der Waals surface area contributed by atoms with Crippen molar-refractivity contribution in [2.45, 2.75) is 25.6 Å². The Balaban J connectivity index is 0.000000151. The zero-order chi connectivity index (χ0) is 10.9. The van der Waals surface area contributed by atoms with E-state index in [0.717, 1.165) is 25.0 Å². The summed E-state index contributed by atoms with van der Waals surface area (Å²) in [6.07, 6.45) is 2.31. The standard InChI is InChI=1S/C7H8O.C5H10O2/c8-6-7-4-2-1-3-5-7;6-4-5-2-1-3-7-5/h1-5,8H,6H2;5-6H,1-4H2/t;5-/m.0/s1. The van der Waals surface area contributed by atoms with Crippen LogP contribution in [-0.4, -0.2) is 29.5 Å². The second kappa shape index (κ2) is 7.40. The van der Waals surface area contributed by atoms with Gasteiger partial charge in [-0.15, -0.1) is 0 Å². The SMILES string of the molecule is OC[C@@H]1CCCO1.OCc1ccccc1. The van der Waals surface area contributed by atoms with E-state index in [1.165, 1.54) is 0 Å². The highest BCUT2D eigenvalue weighted by Gasteiger charge is 2.12. The molecule has 0 unspecified atom stereocenters. The molecule has 1 aromatic carbocycles. The van der Waals surface area contributed by atoms with E-state index in [1.54, 1.807) is 0 Å². The Bertz CT molecular complexity index is 242. The maximum absolute atomic E-state index is 8.54. The van der Waals surface area contributed by atoms with Gasteiger partial charge in [-0.25, -0.2) is 0 Å². The van der Waals surface area contributed by atoms with Crippen molar-refractivity contribution in [1.29, 1.82) is 0 Å². The maximum atomic E-state index is 8.54. The fraction of sp³-hybridized carbons (Fsp3) is 0.500. The molecule has 0 radical (unpaired) electrons. The van der Waals surface area contributed by atoms with E-state index in [9.17, 15) is 0 Å². The van der Waals surface area contributed by atoms with Gasteiger partial charge in [-0.1, -0.05) is 30.3 Å². The lowest BCUT2D eigenvalue weighted by atomic mass is 10.2. The Kier molecular flexibility index (Phi) is 6.00. The maximum Gasteiger partial charge on any atom is 0.0806 e. The highest BCUT2D eigenvalue weighted by Crippen LogP contribution is 2.09. The van der Waals surface area contributed by atoms with Gasteiger partial charge in [0.1, 0.15) is 0 Å². The molecule has 0 bridgehead atoms. The van der Waals surface area contributed by atoms with Crippen molar-refractivity contribution in [3.8, 4) is 0 Å². The first-order valence-electron chi connectivity index (χ1n) is 5.24. The highest BCUT2D eigenvalue weighted by atomic mass is 16.5. The molecule has 2 rings (SSSR count). The van der Waals surface area contributed by atoms with Gasteiger partial charge in [-0.2, -0.15) is 0 Å². The van der Waals surface area contributed by atoms with Gasteiger partial charge in [0, 0.05) is 6.61 Å². The first-order valence-corrected chi connectivity index (χ1v) is 5.24. The number of ether oxygens (including phenoxy) is 1. The van der Waals surface area contributed by atoms with Crippen LogP contribution < -0.4 is 0 Å². The third kappa shape index (κ3) is 4.93. The summed E-state index contributed by atoms with van der Waals surface area (Å²) in [4.78, 5) is 0. The molecule has 3 nitrogen and oxygen atoms in total. The molecule has 2 N–H and O–H groups in total. The minimum Gasteiger partial charge on any atom is -0.394 e. The van der Waals surface area contributed by atoms with Gasteiger partial charge in [-0.05, 0) is 18.4 Å². The Hall–Kier alpha value is -0.900. The predicted molar refractivity (Wildman–Crippen MR) is 58.4 cm³/mol. The molecule has 0 aliphatic carbocycles. The summed E-state index contributed by atoms with van der Waals surface area (Å²) >= 11 is 0. The third-order valence-electron chi connectivity index (χ3n) is 2.25. The summed E-state index contributed by atoms with van der Waals surface area (Å²) in [6.45, 7) is 1.17. The summed E-state index contributed by atoms with van der Waals surface area (Å²) in [5, 5.41) is 17.0. The van der Waals surface area contributed by atoms with Gasteiger partial charge in [0.05, 0.1) is 19.3 Å². The molecule has 1 atom stereocenters. The van der Waals surface area contributed by atoms with Crippen molar-refractivity contribution in [3.05, 3.63) is 35.9 Å². The second-order valence-electron chi connectivity index (χ2n) is 3.46. The summed E-state index contributed by atoms with van der Waals surface area (Å²) in [5.41, 5.74) is 0.965. The minimum absolute atomic E-state index is 0.140. The number of rotatable bonds is 2. The zero-order valence-electron chi connectivity index (χ0n) is 8.80. The molecule has 1 aliphatic heterocycles. The number of benzene rings is 1. The third-order valence-corrected chi connectivity index (χ3v) is 2.25. The van der Waals surface area contributed by atoms with Crippen LogP contribution in [0.5, 0.6) is 0 Å². The largest absolute Gasteiger partial charge is 0.394 e. The molecule has 1 heterocycles. The zero-order valence-corrected chi connectivity index (χ0v) is 8.80. The van der Waals surface area contributed by atoms with Crippen molar-refractivity contribution < 1.29 is 14.9 Å². The number of aliphatic hydroxyl groups excluding tert-OH is 2. The Morgan fingerprint density at radius 2 is 1.93 bits per heavy atom. The molecular formula is C12H18O3. The van der Waals surface area contributed by atoms with Crippen LogP contribution in [0.15, 0.2) is 30.3 Å². The van der Waals surface area contributed by atoms with Crippen molar-refractivity contribution in [2.24, 2.45) is 0 Å². The predicted octanol–water partition coefficient (Wildman–Crippen LogP) is 1.34. The summed E-state index contributed by atoms with van der Waals surface area (Å²) in [7, 11) is 0. The van der Waals surface area contributed by atoms with Crippen LogP contribution in [0, 0.1) is 0 Å². The number of hydrogen-bond donors (Lipinski definition) is 2. The normalized spacial score (nSPS) is 19.5. The molecule has 1 aliphatic rings. The lowest BCUT2D eigenvalue weighted by Gasteiger charge is -2.00. The van der Waals surface area contributed by atoms with Crippen molar-refractivity contribution in [1.82, 2.24) is 0 Å². The van der Waals surface area contributed by atoms with E-state index in [2.05, 4.69) is 0 Å². The summed E-state index contributed by atoms with van der Waals surface area (Å²) in [5.74, 6) is 0. The van der Waals surface area contributed by atoms with Gasteiger partial charge in [0.2, 0.25) is 0 Å². The Morgan fingerprint density at radius 3 is 2.27 bits per heavy atom. The van der Waals surface area contributed by atoms with Crippen LogP contribution in [0.2, 0.25) is 0 Å². The van der Waals surface area contributed by atoms with E-state index in [0.29, 0.717) is 0 Å². The first-order chi connectivity index (χ1) is 7.36. The van der Waals surface area contributed by atoms with E-state index < -0.39 is 0 Å². The number of hydrogen-bond acceptors (Lipinski definition) is 3. The molecule has 3 heteroatoms. The minimum atomic E-state index is 0.140. The number of aliphatic hydroxyl groups is 2. The van der Waals surface area contributed by atoms with Crippen molar-refractivity contribution in [3.63, 3.8) is 0 Å². The van der Waals surface area contributed by atoms with Gasteiger partial charge < -0.3 is 14.9 Å². The van der Waals surface area contributed by atoms with Crippen LogP contribution in [0.1, 0.15) is 18.4 Å².